The maximum absolute atomic E-state index is 11.7. The predicted octanol–water partition coefficient (Wildman–Crippen LogP) is 3.18. The van der Waals surface area contributed by atoms with E-state index in [0.29, 0.717) is 12.3 Å². The highest BCUT2D eigenvalue weighted by Crippen LogP contribution is 2.18. The number of Topliss-reactive ketones (excluding diaryl/α,β-unsaturated/α-hetero) is 1. The number of rotatable bonds is 8. The molecule has 0 fully saturated rings. The average Bonchev–Trinajstić information content (AvgIpc) is 2.19. The zero-order valence-electron chi connectivity index (χ0n) is 10.6. The van der Waals surface area contributed by atoms with Crippen LogP contribution < -0.4 is 0 Å². The fourth-order valence-electron chi connectivity index (χ4n) is 2.06. The predicted molar refractivity (Wildman–Crippen MR) is 63.8 cm³/mol. The molecule has 1 N–H and O–H groups in total. The van der Waals surface area contributed by atoms with Crippen molar-refractivity contribution in [3.63, 3.8) is 0 Å². The van der Waals surface area contributed by atoms with Crippen LogP contribution in [0.2, 0.25) is 0 Å². The van der Waals surface area contributed by atoms with Crippen LogP contribution in [0.3, 0.4) is 0 Å². The topological polar surface area (TPSA) is 37.3 Å². The molecule has 0 rings (SSSR count). The lowest BCUT2D eigenvalue weighted by atomic mass is 9.89. The van der Waals surface area contributed by atoms with Crippen molar-refractivity contribution in [2.75, 3.05) is 0 Å². The van der Waals surface area contributed by atoms with Crippen LogP contribution >= 0.6 is 0 Å². The Kier molecular flexibility index (Phi) is 7.67. The highest BCUT2D eigenvalue weighted by molar-refractivity contribution is 5.83. The molecule has 0 aliphatic rings. The summed E-state index contributed by atoms with van der Waals surface area (Å²) in [4.78, 5) is 11.7. The molecule has 0 bridgehead atoms. The fourth-order valence-corrected chi connectivity index (χ4v) is 2.06. The fraction of sp³-hybridized carbons (Fsp3) is 0.923. The summed E-state index contributed by atoms with van der Waals surface area (Å²) < 4.78 is 0. The van der Waals surface area contributed by atoms with Crippen molar-refractivity contribution in [1.82, 2.24) is 0 Å². The van der Waals surface area contributed by atoms with Crippen molar-refractivity contribution in [3.8, 4) is 0 Å². The van der Waals surface area contributed by atoms with Gasteiger partial charge in [0.2, 0.25) is 0 Å². The Morgan fingerprint density at radius 1 is 1.20 bits per heavy atom. The number of carbonyl (C=O) groups is 1. The number of hydrogen-bond donors (Lipinski definition) is 1. The van der Waals surface area contributed by atoms with Gasteiger partial charge in [-0.2, -0.15) is 0 Å². The van der Waals surface area contributed by atoms with Gasteiger partial charge < -0.3 is 5.11 Å². The lowest BCUT2D eigenvalue weighted by molar-refractivity contribution is -0.130. The smallest absolute Gasteiger partial charge is 0.161 e. The quantitative estimate of drug-likeness (QED) is 0.674. The molecule has 90 valence electrons. The second-order valence-electron chi connectivity index (χ2n) is 4.59. The van der Waals surface area contributed by atoms with E-state index in [1.807, 2.05) is 13.8 Å². The van der Waals surface area contributed by atoms with E-state index in [0.717, 1.165) is 25.7 Å². The van der Waals surface area contributed by atoms with E-state index < -0.39 is 6.10 Å². The molecule has 2 atom stereocenters. The third-order valence-electron chi connectivity index (χ3n) is 3.16. The second-order valence-corrected chi connectivity index (χ2v) is 4.59. The van der Waals surface area contributed by atoms with Gasteiger partial charge in [0.05, 0.1) is 0 Å². The van der Waals surface area contributed by atoms with Crippen molar-refractivity contribution in [2.45, 2.75) is 65.9 Å². The molecule has 0 amide bonds. The first-order valence-electron chi connectivity index (χ1n) is 6.27. The average molecular weight is 214 g/mol. The largest absolute Gasteiger partial charge is 0.385 e. The van der Waals surface area contributed by atoms with Crippen molar-refractivity contribution < 1.29 is 9.90 Å². The Bertz CT molecular complexity index is 173. The summed E-state index contributed by atoms with van der Waals surface area (Å²) in [6.07, 6.45) is 3.74. The highest BCUT2D eigenvalue weighted by Gasteiger charge is 2.23. The Morgan fingerprint density at radius 3 is 2.13 bits per heavy atom. The van der Waals surface area contributed by atoms with Gasteiger partial charge in [-0.3, -0.25) is 4.79 Å². The van der Waals surface area contributed by atoms with Gasteiger partial charge in [-0.1, -0.05) is 53.4 Å². The molecule has 15 heavy (non-hydrogen) atoms. The van der Waals surface area contributed by atoms with Gasteiger partial charge in [-0.05, 0) is 11.8 Å². The highest BCUT2D eigenvalue weighted by atomic mass is 16.3. The van der Waals surface area contributed by atoms with Crippen molar-refractivity contribution >= 4 is 5.78 Å². The molecule has 0 radical (unpaired) electrons. The van der Waals surface area contributed by atoms with Crippen LogP contribution in [-0.2, 0) is 4.79 Å². The van der Waals surface area contributed by atoms with E-state index >= 15 is 0 Å². The van der Waals surface area contributed by atoms with E-state index in [1.54, 1.807) is 0 Å². The van der Waals surface area contributed by atoms with Gasteiger partial charge in [-0.15, -0.1) is 0 Å². The van der Waals surface area contributed by atoms with E-state index in [-0.39, 0.29) is 11.7 Å². The third-order valence-corrected chi connectivity index (χ3v) is 3.16. The van der Waals surface area contributed by atoms with Crippen LogP contribution in [0.5, 0.6) is 0 Å². The number of aliphatic hydroxyl groups is 1. The summed E-state index contributed by atoms with van der Waals surface area (Å²) in [5.41, 5.74) is 0. The van der Waals surface area contributed by atoms with E-state index in [2.05, 4.69) is 13.8 Å². The molecule has 0 aromatic carbocycles. The third kappa shape index (κ3) is 5.31. The molecule has 0 aliphatic heterocycles. The summed E-state index contributed by atoms with van der Waals surface area (Å²) >= 11 is 0. The van der Waals surface area contributed by atoms with Crippen LogP contribution in [0.25, 0.3) is 0 Å². The number of carbonyl (C=O) groups excluding carboxylic acids is 1. The summed E-state index contributed by atoms with van der Waals surface area (Å²) in [6, 6.07) is 0. The van der Waals surface area contributed by atoms with Crippen LogP contribution in [0.15, 0.2) is 0 Å². The molecule has 2 heteroatoms. The van der Waals surface area contributed by atoms with Crippen LogP contribution in [0.1, 0.15) is 59.8 Å². The lowest BCUT2D eigenvalue weighted by Gasteiger charge is -2.20. The molecule has 0 spiro atoms. The summed E-state index contributed by atoms with van der Waals surface area (Å²) in [6.45, 7) is 8.26. The first kappa shape index (κ1) is 14.6. The van der Waals surface area contributed by atoms with Crippen molar-refractivity contribution in [1.29, 1.82) is 0 Å². The monoisotopic (exact) mass is 214 g/mol. The lowest BCUT2D eigenvalue weighted by Crippen LogP contribution is -2.30. The number of hydrogen-bond acceptors (Lipinski definition) is 2. The molecule has 2 nitrogen and oxygen atoms in total. The minimum Gasteiger partial charge on any atom is -0.385 e. The first-order chi connectivity index (χ1) is 7.06. The Balaban J connectivity index is 4.07. The maximum atomic E-state index is 11.7. The summed E-state index contributed by atoms with van der Waals surface area (Å²) in [5, 5.41) is 9.85. The first-order valence-corrected chi connectivity index (χ1v) is 6.27. The molecule has 0 saturated heterocycles. The SMILES string of the molecule is CCCC(C)CC(=O)C(O)C(CC)CC. The van der Waals surface area contributed by atoms with Gasteiger partial charge >= 0.3 is 0 Å². The minimum absolute atomic E-state index is 0.0321. The zero-order chi connectivity index (χ0) is 11.8. The molecule has 0 saturated carbocycles. The zero-order valence-corrected chi connectivity index (χ0v) is 10.6. The van der Waals surface area contributed by atoms with Crippen LogP contribution in [0, 0.1) is 11.8 Å². The van der Waals surface area contributed by atoms with Crippen LogP contribution in [0.4, 0.5) is 0 Å². The maximum Gasteiger partial charge on any atom is 0.161 e. The van der Waals surface area contributed by atoms with Crippen molar-refractivity contribution in [2.24, 2.45) is 11.8 Å². The molecule has 0 aromatic heterocycles. The van der Waals surface area contributed by atoms with Gasteiger partial charge in [0.25, 0.3) is 0 Å². The summed E-state index contributed by atoms with van der Waals surface area (Å²) in [5.74, 6) is 0.586. The number of ketones is 1. The molecular weight excluding hydrogens is 188 g/mol. The normalized spacial score (nSPS) is 15.3. The van der Waals surface area contributed by atoms with E-state index in [1.165, 1.54) is 0 Å². The second kappa shape index (κ2) is 7.86. The van der Waals surface area contributed by atoms with Crippen molar-refractivity contribution in [3.05, 3.63) is 0 Å². The van der Waals surface area contributed by atoms with Gasteiger partial charge in [0, 0.05) is 6.42 Å². The standard InChI is InChI=1S/C13H26O2/c1-5-8-10(4)9-12(14)13(15)11(6-2)7-3/h10-11,13,15H,5-9H2,1-4H3. The molecule has 0 aliphatic carbocycles. The minimum atomic E-state index is -0.737. The van der Waals surface area contributed by atoms with E-state index in [9.17, 15) is 9.90 Å². The molecule has 2 unspecified atom stereocenters. The molecule has 0 heterocycles. The van der Waals surface area contributed by atoms with Gasteiger partial charge in [-0.25, -0.2) is 0 Å². The molecule has 0 aromatic rings. The van der Waals surface area contributed by atoms with E-state index in [4.69, 9.17) is 0 Å². The molecular formula is C13H26O2. The van der Waals surface area contributed by atoms with Gasteiger partial charge in [0.15, 0.2) is 5.78 Å². The van der Waals surface area contributed by atoms with Crippen LogP contribution in [-0.4, -0.2) is 17.0 Å². The number of aliphatic hydroxyl groups excluding tert-OH is 1. The Labute approximate surface area is 94.1 Å². The van der Waals surface area contributed by atoms with Gasteiger partial charge in [0.1, 0.15) is 6.10 Å². The Hall–Kier alpha value is -0.370. The summed E-state index contributed by atoms with van der Waals surface area (Å²) in [7, 11) is 0. The Morgan fingerprint density at radius 2 is 1.73 bits per heavy atom.